The summed E-state index contributed by atoms with van der Waals surface area (Å²) in [6.07, 6.45) is 11.4. The van der Waals surface area contributed by atoms with Crippen molar-refractivity contribution in [1.29, 1.82) is 0 Å². The van der Waals surface area contributed by atoms with Crippen LogP contribution in [-0.4, -0.2) is 49.1 Å². The van der Waals surface area contributed by atoms with Gasteiger partial charge in [0, 0.05) is 37.7 Å². The first kappa shape index (κ1) is 17.3. The first-order chi connectivity index (χ1) is 9.43. The Morgan fingerprint density at radius 3 is 2.16 bits per heavy atom. The van der Waals surface area contributed by atoms with Crippen molar-refractivity contribution in [3.8, 4) is 0 Å². The van der Waals surface area contributed by atoms with Crippen molar-refractivity contribution < 1.29 is 0 Å². The lowest BCUT2D eigenvalue weighted by molar-refractivity contribution is 0.301. The lowest BCUT2D eigenvalue weighted by Gasteiger charge is -2.26. The molecule has 0 aliphatic carbocycles. The standard InChI is InChI=1S/C16H34N2S/c1-2-3-4-5-6-7-8-9-10-17-11-12-18-13-15-19-16-14-18/h17H,2-16H2,1H3. The Morgan fingerprint density at radius 2 is 1.47 bits per heavy atom. The van der Waals surface area contributed by atoms with Crippen LogP contribution in [0.3, 0.4) is 0 Å². The van der Waals surface area contributed by atoms with Gasteiger partial charge in [-0.1, -0.05) is 51.9 Å². The number of thioether (sulfide) groups is 1. The molecule has 1 aliphatic heterocycles. The van der Waals surface area contributed by atoms with Crippen molar-refractivity contribution in [3.63, 3.8) is 0 Å². The van der Waals surface area contributed by atoms with E-state index in [1.54, 1.807) is 0 Å². The fraction of sp³-hybridized carbons (Fsp3) is 1.00. The number of hydrogen-bond donors (Lipinski definition) is 1. The molecule has 3 heteroatoms. The second-order valence-corrected chi connectivity index (χ2v) is 6.90. The highest BCUT2D eigenvalue weighted by molar-refractivity contribution is 7.99. The first-order valence-electron chi connectivity index (χ1n) is 8.44. The maximum Gasteiger partial charge on any atom is 0.0107 e. The highest BCUT2D eigenvalue weighted by Crippen LogP contribution is 2.08. The van der Waals surface area contributed by atoms with E-state index in [0.717, 1.165) is 0 Å². The van der Waals surface area contributed by atoms with Gasteiger partial charge in [-0.3, -0.25) is 0 Å². The Kier molecular flexibility index (Phi) is 12.1. The van der Waals surface area contributed by atoms with E-state index in [-0.39, 0.29) is 0 Å². The average Bonchev–Trinajstić information content (AvgIpc) is 2.46. The molecule has 1 rings (SSSR count). The van der Waals surface area contributed by atoms with Crippen molar-refractivity contribution >= 4 is 11.8 Å². The number of hydrogen-bond acceptors (Lipinski definition) is 3. The quantitative estimate of drug-likeness (QED) is 0.550. The third-order valence-corrected chi connectivity index (χ3v) is 4.86. The van der Waals surface area contributed by atoms with Crippen molar-refractivity contribution in [2.24, 2.45) is 0 Å². The molecule has 0 bridgehead atoms. The third-order valence-electron chi connectivity index (χ3n) is 3.92. The van der Waals surface area contributed by atoms with E-state index in [9.17, 15) is 0 Å². The summed E-state index contributed by atoms with van der Waals surface area (Å²) in [5.41, 5.74) is 0. The molecular weight excluding hydrogens is 252 g/mol. The monoisotopic (exact) mass is 286 g/mol. The Hall–Kier alpha value is 0.270. The minimum atomic E-state index is 1.18. The molecule has 0 aromatic rings. The zero-order valence-electron chi connectivity index (χ0n) is 13.0. The Bertz CT molecular complexity index is 182. The molecule has 1 N–H and O–H groups in total. The van der Waals surface area contributed by atoms with Crippen molar-refractivity contribution in [1.82, 2.24) is 10.2 Å². The molecule has 0 aromatic heterocycles. The lowest BCUT2D eigenvalue weighted by Crippen LogP contribution is -2.37. The van der Waals surface area contributed by atoms with Crippen LogP contribution >= 0.6 is 11.8 Å². The van der Waals surface area contributed by atoms with Gasteiger partial charge in [-0.2, -0.15) is 11.8 Å². The predicted octanol–water partition coefficient (Wildman–Crippen LogP) is 3.77. The zero-order chi connectivity index (χ0) is 13.6. The van der Waals surface area contributed by atoms with Gasteiger partial charge in [0.2, 0.25) is 0 Å². The SMILES string of the molecule is CCCCCCCCCCNCCN1CCSCC1. The second kappa shape index (κ2) is 13.3. The van der Waals surface area contributed by atoms with Crippen LogP contribution in [0, 0.1) is 0 Å². The second-order valence-electron chi connectivity index (χ2n) is 5.68. The lowest BCUT2D eigenvalue weighted by atomic mass is 10.1. The van der Waals surface area contributed by atoms with Gasteiger partial charge in [0.05, 0.1) is 0 Å². The van der Waals surface area contributed by atoms with E-state index in [2.05, 4.69) is 28.9 Å². The van der Waals surface area contributed by atoms with Gasteiger partial charge in [0.25, 0.3) is 0 Å². The molecule has 19 heavy (non-hydrogen) atoms. The maximum absolute atomic E-state index is 3.60. The van der Waals surface area contributed by atoms with Crippen LogP contribution in [0.4, 0.5) is 0 Å². The molecule has 2 nitrogen and oxygen atoms in total. The molecule has 1 aliphatic rings. The Morgan fingerprint density at radius 1 is 0.842 bits per heavy atom. The molecule has 1 heterocycles. The largest absolute Gasteiger partial charge is 0.315 e. The van der Waals surface area contributed by atoms with Crippen molar-refractivity contribution in [3.05, 3.63) is 0 Å². The zero-order valence-corrected chi connectivity index (χ0v) is 13.8. The molecule has 114 valence electrons. The van der Waals surface area contributed by atoms with Crippen LogP contribution in [0.5, 0.6) is 0 Å². The van der Waals surface area contributed by atoms with E-state index in [1.165, 1.54) is 95.6 Å². The summed E-state index contributed by atoms with van der Waals surface area (Å²) in [4.78, 5) is 2.59. The smallest absolute Gasteiger partial charge is 0.0107 e. The molecular formula is C16H34N2S. The highest BCUT2D eigenvalue weighted by atomic mass is 32.2. The fourth-order valence-corrected chi connectivity index (χ4v) is 3.55. The summed E-state index contributed by atoms with van der Waals surface area (Å²) in [7, 11) is 0. The summed E-state index contributed by atoms with van der Waals surface area (Å²) < 4.78 is 0. The molecule has 0 atom stereocenters. The minimum absolute atomic E-state index is 1.18. The molecule has 0 unspecified atom stereocenters. The van der Waals surface area contributed by atoms with E-state index in [4.69, 9.17) is 0 Å². The molecule has 1 fully saturated rings. The van der Waals surface area contributed by atoms with E-state index >= 15 is 0 Å². The van der Waals surface area contributed by atoms with Gasteiger partial charge in [-0.05, 0) is 13.0 Å². The molecule has 0 radical (unpaired) electrons. The summed E-state index contributed by atoms with van der Waals surface area (Å²) in [6, 6.07) is 0. The van der Waals surface area contributed by atoms with Gasteiger partial charge in [0.15, 0.2) is 0 Å². The van der Waals surface area contributed by atoms with Gasteiger partial charge in [0.1, 0.15) is 0 Å². The predicted molar refractivity (Wildman–Crippen MR) is 89.2 cm³/mol. The van der Waals surface area contributed by atoms with Crippen molar-refractivity contribution in [2.45, 2.75) is 58.3 Å². The summed E-state index contributed by atoms with van der Waals surface area (Å²) >= 11 is 2.10. The van der Waals surface area contributed by atoms with Crippen LogP contribution in [0.15, 0.2) is 0 Å². The van der Waals surface area contributed by atoms with Crippen LogP contribution in [0.25, 0.3) is 0 Å². The van der Waals surface area contributed by atoms with Gasteiger partial charge in [-0.15, -0.1) is 0 Å². The fourth-order valence-electron chi connectivity index (χ4n) is 2.57. The number of rotatable bonds is 12. The van der Waals surface area contributed by atoms with Crippen LogP contribution in [0.1, 0.15) is 58.3 Å². The molecule has 1 saturated heterocycles. The van der Waals surface area contributed by atoms with Crippen LogP contribution in [0.2, 0.25) is 0 Å². The molecule has 0 aromatic carbocycles. The highest BCUT2D eigenvalue weighted by Gasteiger charge is 2.08. The van der Waals surface area contributed by atoms with Gasteiger partial charge >= 0.3 is 0 Å². The summed E-state index contributed by atoms with van der Waals surface area (Å²) in [5, 5.41) is 3.60. The summed E-state index contributed by atoms with van der Waals surface area (Å²) in [6.45, 7) is 8.53. The van der Waals surface area contributed by atoms with Crippen LogP contribution in [-0.2, 0) is 0 Å². The summed E-state index contributed by atoms with van der Waals surface area (Å²) in [5.74, 6) is 2.66. The van der Waals surface area contributed by atoms with E-state index in [0.29, 0.717) is 0 Å². The topological polar surface area (TPSA) is 15.3 Å². The minimum Gasteiger partial charge on any atom is -0.315 e. The van der Waals surface area contributed by atoms with Gasteiger partial charge in [-0.25, -0.2) is 0 Å². The van der Waals surface area contributed by atoms with E-state index < -0.39 is 0 Å². The van der Waals surface area contributed by atoms with Crippen molar-refractivity contribution in [2.75, 3.05) is 44.2 Å². The third kappa shape index (κ3) is 10.7. The number of nitrogens with zero attached hydrogens (tertiary/aromatic N) is 1. The van der Waals surface area contributed by atoms with Gasteiger partial charge < -0.3 is 10.2 Å². The Balaban J connectivity index is 1.71. The number of nitrogens with one attached hydrogen (secondary N) is 1. The molecule has 0 amide bonds. The normalized spacial score (nSPS) is 16.9. The number of unbranched alkanes of at least 4 members (excludes halogenated alkanes) is 7. The maximum atomic E-state index is 3.60. The van der Waals surface area contributed by atoms with E-state index in [1.807, 2.05) is 0 Å². The Labute approximate surface area is 125 Å². The molecule has 0 spiro atoms. The van der Waals surface area contributed by atoms with Crippen LogP contribution < -0.4 is 5.32 Å². The first-order valence-corrected chi connectivity index (χ1v) is 9.59. The average molecular weight is 287 g/mol. The molecule has 0 saturated carbocycles.